The van der Waals surface area contributed by atoms with Gasteiger partial charge in [0.2, 0.25) is 0 Å². The molecule has 1 fully saturated rings. The van der Waals surface area contributed by atoms with Crippen LogP contribution in [-0.2, 0) is 0 Å². The van der Waals surface area contributed by atoms with E-state index >= 15 is 0 Å². The van der Waals surface area contributed by atoms with E-state index in [1.807, 2.05) is 11.8 Å². The van der Waals surface area contributed by atoms with Crippen molar-refractivity contribution in [2.45, 2.75) is 102 Å². The van der Waals surface area contributed by atoms with Crippen molar-refractivity contribution in [3.05, 3.63) is 0 Å². The van der Waals surface area contributed by atoms with Crippen molar-refractivity contribution in [1.29, 1.82) is 0 Å². The summed E-state index contributed by atoms with van der Waals surface area (Å²) >= 11 is 2.01. The van der Waals surface area contributed by atoms with E-state index in [2.05, 4.69) is 18.7 Å². The highest BCUT2D eigenvalue weighted by Gasteiger charge is 2.16. The number of β-amino-alcohol motifs (C(OH)–C–C–N with tert-alkyl or cyclic N) is 1. The van der Waals surface area contributed by atoms with Crippen LogP contribution >= 0.6 is 11.8 Å². The zero-order valence-corrected chi connectivity index (χ0v) is 16.6. The van der Waals surface area contributed by atoms with Crippen LogP contribution in [0.3, 0.4) is 0 Å². The Hall–Kier alpha value is 0.270. The monoisotopic (exact) mass is 343 g/mol. The number of hydrogen-bond acceptors (Lipinski definition) is 3. The molecule has 3 heteroatoms. The van der Waals surface area contributed by atoms with Crippen LogP contribution in [0, 0.1) is 0 Å². The van der Waals surface area contributed by atoms with Crippen molar-refractivity contribution in [2.24, 2.45) is 0 Å². The molecule has 1 aliphatic rings. The molecule has 2 nitrogen and oxygen atoms in total. The number of rotatable bonds is 14. The normalized spacial score (nSPS) is 18.9. The number of nitrogens with zero attached hydrogens (tertiary/aromatic N) is 1. The third-order valence-electron chi connectivity index (χ3n) is 5.03. The highest BCUT2D eigenvalue weighted by Crippen LogP contribution is 2.23. The molecule has 1 N–H and O–H groups in total. The Bertz CT molecular complexity index is 256. The first kappa shape index (κ1) is 21.3. The zero-order valence-electron chi connectivity index (χ0n) is 15.8. The molecule has 0 spiro atoms. The summed E-state index contributed by atoms with van der Waals surface area (Å²) in [6, 6.07) is 0. The number of aliphatic hydroxyl groups excluding tert-OH is 1. The molecule has 2 atom stereocenters. The smallest absolute Gasteiger partial charge is 0.0757 e. The molecule has 0 saturated carbocycles. The molecule has 0 bridgehead atoms. The van der Waals surface area contributed by atoms with Gasteiger partial charge in [0.25, 0.3) is 0 Å². The first-order valence-corrected chi connectivity index (χ1v) is 11.3. The number of likely N-dealkylation sites (tertiary alicyclic amines) is 1. The number of piperidine rings is 1. The maximum absolute atomic E-state index is 10.3. The van der Waals surface area contributed by atoms with Crippen LogP contribution in [0.25, 0.3) is 0 Å². The molecular formula is C20H41NOS. The summed E-state index contributed by atoms with van der Waals surface area (Å²) in [4.78, 5) is 2.45. The Balaban J connectivity index is 2.01. The summed E-state index contributed by atoms with van der Waals surface area (Å²) in [5.74, 6) is 0.922. The minimum atomic E-state index is -0.138. The van der Waals surface area contributed by atoms with Gasteiger partial charge in [0.1, 0.15) is 0 Å². The predicted octanol–water partition coefficient (Wildman–Crippen LogP) is 5.49. The highest BCUT2D eigenvalue weighted by molar-refractivity contribution is 7.99. The molecule has 0 aromatic heterocycles. The van der Waals surface area contributed by atoms with Crippen LogP contribution in [0.15, 0.2) is 0 Å². The Morgan fingerprint density at radius 2 is 1.57 bits per heavy atom. The second-order valence-electron chi connectivity index (χ2n) is 7.29. The lowest BCUT2D eigenvalue weighted by Crippen LogP contribution is -2.37. The summed E-state index contributed by atoms with van der Waals surface area (Å²) < 4.78 is 0. The van der Waals surface area contributed by atoms with Crippen molar-refractivity contribution in [1.82, 2.24) is 4.90 Å². The average molecular weight is 344 g/mol. The van der Waals surface area contributed by atoms with E-state index in [-0.39, 0.29) is 6.10 Å². The van der Waals surface area contributed by atoms with E-state index in [0.29, 0.717) is 0 Å². The number of aliphatic hydroxyl groups is 1. The molecule has 23 heavy (non-hydrogen) atoms. The molecule has 2 unspecified atom stereocenters. The highest BCUT2D eigenvalue weighted by atomic mass is 32.2. The number of hydrogen-bond donors (Lipinski definition) is 1. The standard InChI is InChI=1S/C20H41NOS/c1-3-5-6-7-8-9-11-14-20(4-2)23-18-19(22)17-21-15-12-10-13-16-21/h19-20,22H,3-18H2,1-2H3. The van der Waals surface area contributed by atoms with Crippen LogP contribution in [0.1, 0.15) is 90.9 Å². The summed E-state index contributed by atoms with van der Waals surface area (Å²) in [5, 5.41) is 11.0. The van der Waals surface area contributed by atoms with Crippen molar-refractivity contribution in [3.63, 3.8) is 0 Å². The quantitative estimate of drug-likeness (QED) is 0.422. The first-order chi connectivity index (χ1) is 11.3. The van der Waals surface area contributed by atoms with Gasteiger partial charge in [-0.15, -0.1) is 0 Å². The maximum Gasteiger partial charge on any atom is 0.0757 e. The SMILES string of the molecule is CCCCCCCCCC(CC)SCC(O)CN1CCCCC1. The van der Waals surface area contributed by atoms with Gasteiger partial charge in [0.15, 0.2) is 0 Å². The van der Waals surface area contributed by atoms with E-state index in [4.69, 9.17) is 0 Å². The molecule has 1 rings (SSSR count). The van der Waals surface area contributed by atoms with E-state index < -0.39 is 0 Å². The molecule has 0 amide bonds. The predicted molar refractivity (Wildman–Crippen MR) is 105 cm³/mol. The Labute approximate surface area is 149 Å². The molecule has 0 aromatic rings. The Morgan fingerprint density at radius 1 is 0.913 bits per heavy atom. The van der Waals surface area contributed by atoms with Gasteiger partial charge in [0.05, 0.1) is 6.10 Å². The van der Waals surface area contributed by atoms with Gasteiger partial charge in [-0.25, -0.2) is 0 Å². The van der Waals surface area contributed by atoms with E-state index in [0.717, 1.165) is 17.5 Å². The molecular weight excluding hydrogens is 302 g/mol. The van der Waals surface area contributed by atoms with Gasteiger partial charge in [-0.2, -0.15) is 11.8 Å². The molecule has 0 aromatic carbocycles. The van der Waals surface area contributed by atoms with Crippen molar-refractivity contribution in [3.8, 4) is 0 Å². The van der Waals surface area contributed by atoms with Gasteiger partial charge >= 0.3 is 0 Å². The Morgan fingerprint density at radius 3 is 2.22 bits per heavy atom. The summed E-state index contributed by atoms with van der Waals surface area (Å²) in [5.41, 5.74) is 0. The lowest BCUT2D eigenvalue weighted by molar-refractivity contribution is 0.117. The van der Waals surface area contributed by atoms with Gasteiger partial charge in [-0.3, -0.25) is 0 Å². The number of thioether (sulfide) groups is 1. The van der Waals surface area contributed by atoms with Gasteiger partial charge in [-0.05, 0) is 38.8 Å². The fourth-order valence-electron chi connectivity index (χ4n) is 3.47. The topological polar surface area (TPSA) is 23.5 Å². The van der Waals surface area contributed by atoms with Gasteiger partial charge < -0.3 is 10.0 Å². The van der Waals surface area contributed by atoms with Gasteiger partial charge in [0, 0.05) is 17.5 Å². The molecule has 1 aliphatic heterocycles. The van der Waals surface area contributed by atoms with E-state index in [1.54, 1.807) is 0 Å². The van der Waals surface area contributed by atoms with Crippen molar-refractivity contribution in [2.75, 3.05) is 25.4 Å². The third-order valence-corrected chi connectivity index (χ3v) is 6.64. The first-order valence-electron chi connectivity index (χ1n) is 10.3. The zero-order chi connectivity index (χ0) is 16.8. The molecule has 0 aliphatic carbocycles. The second-order valence-corrected chi connectivity index (χ2v) is 8.62. The summed E-state index contributed by atoms with van der Waals surface area (Å²) in [6.07, 6.45) is 16.2. The summed E-state index contributed by atoms with van der Waals surface area (Å²) in [6.45, 7) is 7.85. The lowest BCUT2D eigenvalue weighted by atomic mass is 10.1. The van der Waals surface area contributed by atoms with Crippen LogP contribution in [0.4, 0.5) is 0 Å². The molecule has 1 heterocycles. The van der Waals surface area contributed by atoms with Crippen LogP contribution in [-0.4, -0.2) is 46.7 Å². The van der Waals surface area contributed by atoms with E-state index in [9.17, 15) is 5.11 Å². The van der Waals surface area contributed by atoms with Crippen molar-refractivity contribution >= 4 is 11.8 Å². The van der Waals surface area contributed by atoms with Crippen LogP contribution < -0.4 is 0 Å². The number of unbranched alkanes of at least 4 members (excludes halogenated alkanes) is 6. The minimum absolute atomic E-state index is 0.138. The maximum atomic E-state index is 10.3. The fraction of sp³-hybridized carbons (Fsp3) is 1.00. The second kappa shape index (κ2) is 14.6. The minimum Gasteiger partial charge on any atom is -0.391 e. The molecule has 138 valence electrons. The van der Waals surface area contributed by atoms with Crippen molar-refractivity contribution < 1.29 is 5.11 Å². The Kier molecular flexibility index (Phi) is 13.5. The van der Waals surface area contributed by atoms with E-state index in [1.165, 1.54) is 90.1 Å². The van der Waals surface area contributed by atoms with Crippen LogP contribution in [0.2, 0.25) is 0 Å². The summed E-state index contributed by atoms with van der Waals surface area (Å²) in [7, 11) is 0. The molecule has 1 saturated heterocycles. The average Bonchev–Trinajstić information content (AvgIpc) is 2.57. The fourth-order valence-corrected chi connectivity index (χ4v) is 4.64. The lowest BCUT2D eigenvalue weighted by Gasteiger charge is -2.28. The van der Waals surface area contributed by atoms with Gasteiger partial charge in [-0.1, -0.05) is 65.2 Å². The molecule has 0 radical (unpaired) electrons. The third kappa shape index (κ3) is 11.4. The largest absolute Gasteiger partial charge is 0.391 e. The van der Waals surface area contributed by atoms with Crippen LogP contribution in [0.5, 0.6) is 0 Å².